The highest BCUT2D eigenvalue weighted by atomic mass is 32.2. The van der Waals surface area contributed by atoms with Gasteiger partial charge in [-0.25, -0.2) is 0 Å². The maximum Gasteiger partial charge on any atom is 0.0623 e. The largest absolute Gasteiger partial charge is 0.380 e. The molecule has 82 valence electrons. The van der Waals surface area contributed by atoms with Gasteiger partial charge in [0.2, 0.25) is 0 Å². The second kappa shape index (κ2) is 5.01. The molecule has 2 N–H and O–H groups in total. The van der Waals surface area contributed by atoms with Crippen LogP contribution in [0, 0.1) is 0 Å². The Hall–Kier alpha value is -0.510. The lowest BCUT2D eigenvalue weighted by Crippen LogP contribution is -2.33. The molecule has 15 heavy (non-hydrogen) atoms. The summed E-state index contributed by atoms with van der Waals surface area (Å²) in [6.45, 7) is 3.41. The smallest absolute Gasteiger partial charge is 0.0623 e. The van der Waals surface area contributed by atoms with Gasteiger partial charge in [0.25, 0.3) is 0 Å². The summed E-state index contributed by atoms with van der Waals surface area (Å²) in [6, 6.07) is 8.66. The van der Waals surface area contributed by atoms with Crippen LogP contribution in [0.1, 0.15) is 18.4 Å². The van der Waals surface area contributed by atoms with Crippen LogP contribution in [0.2, 0.25) is 0 Å². The Bertz CT molecular complexity index is 329. The summed E-state index contributed by atoms with van der Waals surface area (Å²) >= 11 is 1.90. The predicted octanol–water partition coefficient (Wildman–Crippen LogP) is 2.24. The van der Waals surface area contributed by atoms with Crippen molar-refractivity contribution in [3.8, 4) is 0 Å². The van der Waals surface area contributed by atoms with Crippen LogP contribution < -0.4 is 5.73 Å². The van der Waals surface area contributed by atoms with Gasteiger partial charge >= 0.3 is 0 Å². The zero-order valence-corrected chi connectivity index (χ0v) is 9.80. The van der Waals surface area contributed by atoms with E-state index in [-0.39, 0.29) is 6.04 Å². The predicted molar refractivity (Wildman–Crippen MR) is 64.4 cm³/mol. The minimum Gasteiger partial charge on any atom is -0.380 e. The molecule has 2 rings (SSSR count). The molecular weight excluding hydrogens is 206 g/mol. The van der Waals surface area contributed by atoms with E-state index in [1.54, 1.807) is 0 Å². The second-order valence-corrected chi connectivity index (χ2v) is 4.84. The molecule has 0 aromatic heterocycles. The molecule has 1 heterocycles. The Morgan fingerprint density at radius 1 is 1.53 bits per heavy atom. The quantitative estimate of drug-likeness (QED) is 0.850. The third-order valence-electron chi connectivity index (χ3n) is 2.77. The van der Waals surface area contributed by atoms with Gasteiger partial charge in [0, 0.05) is 29.2 Å². The van der Waals surface area contributed by atoms with Gasteiger partial charge in [0.05, 0.1) is 6.61 Å². The zero-order valence-electron chi connectivity index (χ0n) is 8.98. The van der Waals surface area contributed by atoms with Gasteiger partial charge in [-0.3, -0.25) is 0 Å². The molecule has 2 unspecified atom stereocenters. The number of fused-ring (bicyclic) bond motifs is 1. The van der Waals surface area contributed by atoms with Crippen LogP contribution in [0.25, 0.3) is 0 Å². The average Bonchev–Trinajstić information content (AvgIpc) is 2.69. The van der Waals surface area contributed by atoms with Gasteiger partial charge in [-0.2, -0.15) is 0 Å². The van der Waals surface area contributed by atoms with E-state index in [0.717, 1.165) is 12.4 Å². The molecule has 3 heteroatoms. The maximum atomic E-state index is 6.14. The normalized spacial score (nSPS) is 21.3. The summed E-state index contributed by atoms with van der Waals surface area (Å²) in [7, 11) is 0. The Morgan fingerprint density at radius 3 is 3.13 bits per heavy atom. The lowest BCUT2D eigenvalue weighted by molar-refractivity contribution is 0.128. The van der Waals surface area contributed by atoms with Crippen LogP contribution in [-0.4, -0.2) is 25.0 Å². The highest BCUT2D eigenvalue weighted by molar-refractivity contribution is 7.99. The topological polar surface area (TPSA) is 35.2 Å². The van der Waals surface area contributed by atoms with E-state index in [1.165, 1.54) is 10.5 Å². The second-order valence-electron chi connectivity index (χ2n) is 3.78. The fraction of sp³-hybridized carbons (Fsp3) is 0.500. The fourth-order valence-corrected chi connectivity index (χ4v) is 3.26. The summed E-state index contributed by atoms with van der Waals surface area (Å²) in [5.74, 6) is 1.55. The van der Waals surface area contributed by atoms with Crippen LogP contribution in [-0.2, 0) is 4.74 Å². The molecular formula is C12H17NOS. The van der Waals surface area contributed by atoms with Crippen molar-refractivity contribution in [2.24, 2.45) is 5.73 Å². The molecule has 0 radical (unpaired) electrons. The van der Waals surface area contributed by atoms with E-state index in [2.05, 4.69) is 24.3 Å². The van der Waals surface area contributed by atoms with Gasteiger partial charge < -0.3 is 10.5 Å². The van der Waals surface area contributed by atoms with E-state index in [0.29, 0.717) is 12.5 Å². The standard InChI is InChI=1S/C12H17NOS/c1-2-14-7-11(13)10-8-15-12-6-4-3-5-9(10)12/h3-6,10-11H,2,7-8,13H2,1H3. The molecule has 0 saturated heterocycles. The first-order chi connectivity index (χ1) is 7.33. The summed E-state index contributed by atoms with van der Waals surface area (Å²) in [6.07, 6.45) is 0. The summed E-state index contributed by atoms with van der Waals surface area (Å²) in [5.41, 5.74) is 7.54. The lowest BCUT2D eigenvalue weighted by atomic mass is 9.94. The van der Waals surface area contributed by atoms with Crippen molar-refractivity contribution < 1.29 is 4.74 Å². The number of ether oxygens (including phenoxy) is 1. The molecule has 0 fully saturated rings. The fourth-order valence-electron chi connectivity index (χ4n) is 1.91. The van der Waals surface area contributed by atoms with Crippen molar-refractivity contribution in [3.63, 3.8) is 0 Å². The third-order valence-corrected chi connectivity index (χ3v) is 3.98. The monoisotopic (exact) mass is 223 g/mol. The highest BCUT2D eigenvalue weighted by Gasteiger charge is 2.27. The number of hydrogen-bond donors (Lipinski definition) is 1. The molecule has 0 spiro atoms. The molecule has 1 aromatic carbocycles. The number of benzene rings is 1. The number of nitrogens with two attached hydrogens (primary N) is 1. The summed E-state index contributed by atoms with van der Waals surface area (Å²) < 4.78 is 5.39. The maximum absolute atomic E-state index is 6.14. The van der Waals surface area contributed by atoms with Gasteiger partial charge in [0.15, 0.2) is 0 Å². The van der Waals surface area contributed by atoms with Crippen molar-refractivity contribution in [2.75, 3.05) is 19.0 Å². The first-order valence-electron chi connectivity index (χ1n) is 5.38. The minimum atomic E-state index is 0.126. The molecule has 0 bridgehead atoms. The minimum absolute atomic E-state index is 0.126. The first-order valence-corrected chi connectivity index (χ1v) is 6.36. The van der Waals surface area contributed by atoms with E-state index >= 15 is 0 Å². The molecule has 2 nitrogen and oxygen atoms in total. The zero-order chi connectivity index (χ0) is 10.7. The Morgan fingerprint density at radius 2 is 2.33 bits per heavy atom. The molecule has 0 saturated carbocycles. The van der Waals surface area contributed by atoms with Crippen LogP contribution in [0.4, 0.5) is 0 Å². The van der Waals surface area contributed by atoms with Crippen molar-refractivity contribution in [1.82, 2.24) is 0 Å². The Balaban J connectivity index is 2.06. The van der Waals surface area contributed by atoms with Gasteiger partial charge in [-0.15, -0.1) is 11.8 Å². The van der Waals surface area contributed by atoms with Gasteiger partial charge in [-0.1, -0.05) is 18.2 Å². The summed E-state index contributed by atoms with van der Waals surface area (Å²) in [5, 5.41) is 0. The SMILES string of the molecule is CCOCC(N)C1CSc2ccccc21. The van der Waals surface area contributed by atoms with E-state index in [4.69, 9.17) is 10.5 Å². The van der Waals surface area contributed by atoms with Crippen molar-refractivity contribution in [1.29, 1.82) is 0 Å². The number of hydrogen-bond acceptors (Lipinski definition) is 3. The molecule has 0 aliphatic carbocycles. The van der Waals surface area contributed by atoms with E-state index < -0.39 is 0 Å². The summed E-state index contributed by atoms with van der Waals surface area (Å²) in [4.78, 5) is 1.38. The van der Waals surface area contributed by atoms with Gasteiger partial charge in [0.1, 0.15) is 0 Å². The average molecular weight is 223 g/mol. The van der Waals surface area contributed by atoms with Crippen LogP contribution >= 0.6 is 11.8 Å². The molecule has 1 aliphatic rings. The van der Waals surface area contributed by atoms with Crippen LogP contribution in [0.15, 0.2) is 29.2 Å². The van der Waals surface area contributed by atoms with Gasteiger partial charge in [-0.05, 0) is 18.6 Å². The Labute approximate surface area is 95.2 Å². The first kappa shape index (κ1) is 11.0. The molecule has 1 aromatic rings. The molecule has 0 amide bonds. The number of thioether (sulfide) groups is 1. The molecule has 1 aliphatic heterocycles. The van der Waals surface area contributed by atoms with Crippen LogP contribution in [0.3, 0.4) is 0 Å². The molecule has 2 atom stereocenters. The Kier molecular flexibility index (Phi) is 3.67. The van der Waals surface area contributed by atoms with E-state index in [9.17, 15) is 0 Å². The van der Waals surface area contributed by atoms with E-state index in [1.807, 2.05) is 18.7 Å². The highest BCUT2D eigenvalue weighted by Crippen LogP contribution is 2.40. The lowest BCUT2D eigenvalue weighted by Gasteiger charge is -2.19. The van der Waals surface area contributed by atoms with Crippen LogP contribution in [0.5, 0.6) is 0 Å². The van der Waals surface area contributed by atoms with Crippen molar-refractivity contribution in [3.05, 3.63) is 29.8 Å². The van der Waals surface area contributed by atoms with Crippen molar-refractivity contribution >= 4 is 11.8 Å². The third kappa shape index (κ3) is 2.36. The van der Waals surface area contributed by atoms with Crippen molar-refractivity contribution in [2.45, 2.75) is 23.8 Å². The number of rotatable bonds is 4.